The third-order valence-corrected chi connectivity index (χ3v) is 7.08. The van der Waals surface area contributed by atoms with Gasteiger partial charge in [-0.15, -0.1) is 0 Å². The number of esters is 1. The van der Waals surface area contributed by atoms with Crippen LogP contribution in [0.3, 0.4) is 0 Å². The molecular weight excluding hydrogens is 587 g/mol. The van der Waals surface area contributed by atoms with Crippen LogP contribution in [0.5, 0.6) is 11.5 Å². The fourth-order valence-electron chi connectivity index (χ4n) is 3.78. The van der Waals surface area contributed by atoms with Crippen LogP contribution in [-0.2, 0) is 16.1 Å². The quantitative estimate of drug-likeness (QED) is 0.245. The summed E-state index contributed by atoms with van der Waals surface area (Å²) in [6, 6.07) is 11.1. The van der Waals surface area contributed by atoms with Gasteiger partial charge in [-0.1, -0.05) is 35.5 Å². The van der Waals surface area contributed by atoms with Crippen LogP contribution in [-0.4, -0.2) is 29.3 Å². The van der Waals surface area contributed by atoms with Crippen molar-refractivity contribution in [3.05, 3.63) is 79.0 Å². The van der Waals surface area contributed by atoms with Gasteiger partial charge in [0.15, 0.2) is 16.7 Å². The van der Waals surface area contributed by atoms with Crippen molar-refractivity contribution in [1.82, 2.24) is 4.90 Å². The van der Waals surface area contributed by atoms with Gasteiger partial charge in [-0.25, -0.2) is 9.79 Å². The molecule has 1 atom stereocenters. The van der Waals surface area contributed by atoms with E-state index in [-0.39, 0.29) is 12.0 Å². The predicted octanol–water partition coefficient (Wildman–Crippen LogP) is 6.69. The maximum Gasteiger partial charge on any atom is 0.338 e. The summed E-state index contributed by atoms with van der Waals surface area (Å²) in [5.74, 6) is 0.920. The second-order valence-electron chi connectivity index (χ2n) is 7.50. The zero-order valence-electron chi connectivity index (χ0n) is 19.0. The predicted molar refractivity (Wildman–Crippen MR) is 144 cm³/mol. The summed E-state index contributed by atoms with van der Waals surface area (Å²) in [7, 11) is 0. The zero-order valence-corrected chi connectivity index (χ0v) is 22.7. The molecule has 0 unspecified atom stereocenters. The molecule has 0 saturated carbocycles. The number of benzene rings is 2. The molecule has 0 bridgehead atoms. The van der Waals surface area contributed by atoms with Gasteiger partial charge in [0.2, 0.25) is 0 Å². The molecule has 0 saturated heterocycles. The largest absolute Gasteiger partial charge is 0.490 e. The van der Waals surface area contributed by atoms with E-state index >= 15 is 0 Å². The van der Waals surface area contributed by atoms with Gasteiger partial charge in [0.25, 0.3) is 0 Å². The monoisotopic (exact) mass is 610 g/mol. The summed E-state index contributed by atoms with van der Waals surface area (Å²) in [6.07, 6.45) is 1.94. The molecule has 2 heterocycles. The molecule has 0 amide bonds. The van der Waals surface area contributed by atoms with E-state index in [0.717, 1.165) is 19.9 Å². The normalized spacial score (nSPS) is 16.9. The van der Waals surface area contributed by atoms with Gasteiger partial charge in [0.05, 0.1) is 34.1 Å². The second kappa shape index (κ2) is 11.0. The molecule has 2 aromatic carbocycles. The van der Waals surface area contributed by atoms with E-state index in [0.29, 0.717) is 47.6 Å². The van der Waals surface area contributed by atoms with Crippen LogP contribution in [0, 0.1) is 3.57 Å². The molecule has 0 radical (unpaired) electrons. The number of nitrogens with zero attached hydrogens (tertiary/aromatic N) is 2. The standard InChI is InChI=1S/C25H24ClIN2O4S/c1-4-31-20-13-17(12-19(27)23(20)33-14-16-6-8-18(26)9-7-16)22-21(24(30)32-5-2)15(3)28-25-29(22)10-11-34-25/h6-13,22H,4-5,14H2,1-3H3/t22-/m0/s1. The van der Waals surface area contributed by atoms with Crippen LogP contribution < -0.4 is 9.47 Å². The van der Waals surface area contributed by atoms with Crippen molar-refractivity contribution < 1.29 is 19.0 Å². The molecule has 0 N–H and O–H groups in total. The summed E-state index contributed by atoms with van der Waals surface area (Å²) in [6.45, 7) is 6.73. The maximum absolute atomic E-state index is 13.0. The van der Waals surface area contributed by atoms with Crippen LogP contribution in [0.4, 0.5) is 0 Å². The number of thioether (sulfide) groups is 1. The second-order valence-corrected chi connectivity index (χ2v) is 9.98. The number of hydrogen-bond donors (Lipinski definition) is 0. The topological polar surface area (TPSA) is 60.4 Å². The minimum Gasteiger partial charge on any atom is -0.490 e. The molecule has 178 valence electrons. The van der Waals surface area contributed by atoms with Crippen LogP contribution in [0.2, 0.25) is 5.02 Å². The summed E-state index contributed by atoms with van der Waals surface area (Å²) >= 11 is 9.77. The number of amidine groups is 1. The van der Waals surface area contributed by atoms with E-state index in [2.05, 4.69) is 27.6 Å². The summed E-state index contributed by atoms with van der Waals surface area (Å²) < 4.78 is 18.4. The Balaban J connectivity index is 1.72. The molecule has 2 aliphatic rings. The van der Waals surface area contributed by atoms with Crippen LogP contribution >= 0.6 is 46.0 Å². The van der Waals surface area contributed by atoms with Crippen LogP contribution in [0.25, 0.3) is 0 Å². The Labute approximate surface area is 222 Å². The molecule has 6 nitrogen and oxygen atoms in total. The summed E-state index contributed by atoms with van der Waals surface area (Å²) in [4.78, 5) is 19.6. The van der Waals surface area contributed by atoms with E-state index in [9.17, 15) is 4.79 Å². The first-order valence-corrected chi connectivity index (χ1v) is 13.2. The number of fused-ring (bicyclic) bond motifs is 1. The number of aliphatic imine (C=N–C) groups is 1. The van der Waals surface area contributed by atoms with Gasteiger partial charge >= 0.3 is 5.97 Å². The number of carbonyl (C=O) groups excluding carboxylic acids is 1. The number of hydrogen-bond acceptors (Lipinski definition) is 7. The van der Waals surface area contributed by atoms with E-state index in [1.165, 1.54) is 11.8 Å². The highest BCUT2D eigenvalue weighted by Crippen LogP contribution is 2.44. The van der Waals surface area contributed by atoms with Gasteiger partial charge in [-0.05, 0) is 84.2 Å². The summed E-state index contributed by atoms with van der Waals surface area (Å²) in [5, 5.41) is 3.47. The molecule has 2 aromatic rings. The lowest BCUT2D eigenvalue weighted by Crippen LogP contribution is -2.34. The minimum absolute atomic E-state index is 0.294. The highest BCUT2D eigenvalue weighted by molar-refractivity contribution is 14.1. The molecule has 9 heteroatoms. The lowest BCUT2D eigenvalue weighted by Gasteiger charge is -2.33. The first kappa shape index (κ1) is 24.9. The van der Waals surface area contributed by atoms with Crippen molar-refractivity contribution >= 4 is 57.1 Å². The van der Waals surface area contributed by atoms with Crippen molar-refractivity contribution in [3.8, 4) is 11.5 Å². The Kier molecular flexibility index (Phi) is 8.10. The molecule has 0 aliphatic carbocycles. The Morgan fingerprint density at radius 2 is 1.94 bits per heavy atom. The minimum atomic E-state index is -0.379. The van der Waals surface area contributed by atoms with E-state index in [4.69, 9.17) is 25.8 Å². The number of rotatable bonds is 8. The van der Waals surface area contributed by atoms with Gasteiger partial charge in [0.1, 0.15) is 6.61 Å². The average Bonchev–Trinajstić information content (AvgIpc) is 3.27. The Bertz CT molecular complexity index is 1180. The molecule has 0 spiro atoms. The SMILES string of the molecule is CCOC(=O)C1=C(C)N=C2SC=CN2[C@H]1c1cc(I)c(OCc2ccc(Cl)cc2)c(OCC)c1. The van der Waals surface area contributed by atoms with Gasteiger partial charge in [-0.3, -0.25) is 0 Å². The number of allylic oxidation sites excluding steroid dienone is 1. The molecular formula is C25H24ClIN2O4S. The fourth-order valence-corrected chi connectivity index (χ4v) is 5.48. The first-order chi connectivity index (χ1) is 16.4. The molecule has 0 aromatic heterocycles. The molecule has 4 rings (SSSR count). The van der Waals surface area contributed by atoms with Crippen molar-refractivity contribution in [3.63, 3.8) is 0 Å². The lowest BCUT2D eigenvalue weighted by molar-refractivity contribution is -0.139. The third kappa shape index (κ3) is 5.23. The van der Waals surface area contributed by atoms with Crippen molar-refractivity contribution in [2.24, 2.45) is 4.99 Å². The number of ether oxygens (including phenoxy) is 3. The number of carbonyl (C=O) groups is 1. The number of halogens is 2. The first-order valence-electron chi connectivity index (χ1n) is 10.8. The van der Waals surface area contributed by atoms with Gasteiger partial charge in [0, 0.05) is 11.2 Å². The van der Waals surface area contributed by atoms with Crippen LogP contribution in [0.15, 0.2) is 64.3 Å². The van der Waals surface area contributed by atoms with E-state index < -0.39 is 0 Å². The highest BCUT2D eigenvalue weighted by Gasteiger charge is 2.38. The van der Waals surface area contributed by atoms with Gasteiger partial charge < -0.3 is 19.1 Å². The van der Waals surface area contributed by atoms with Crippen molar-refractivity contribution in [2.45, 2.75) is 33.4 Å². The molecule has 34 heavy (non-hydrogen) atoms. The Hall–Kier alpha value is -2.17. The lowest BCUT2D eigenvalue weighted by atomic mass is 9.94. The van der Waals surface area contributed by atoms with Crippen LogP contribution in [0.1, 0.15) is 37.9 Å². The smallest absolute Gasteiger partial charge is 0.338 e. The van der Waals surface area contributed by atoms with Gasteiger partial charge in [-0.2, -0.15) is 0 Å². The molecule has 2 aliphatic heterocycles. The Morgan fingerprint density at radius 3 is 2.65 bits per heavy atom. The van der Waals surface area contributed by atoms with Crippen molar-refractivity contribution in [2.75, 3.05) is 13.2 Å². The van der Waals surface area contributed by atoms with E-state index in [1.54, 1.807) is 6.92 Å². The van der Waals surface area contributed by atoms with E-state index in [1.807, 2.05) is 66.8 Å². The zero-order chi connectivity index (χ0) is 24.2. The maximum atomic E-state index is 13.0. The highest BCUT2D eigenvalue weighted by atomic mass is 127. The average molecular weight is 611 g/mol. The molecule has 0 fully saturated rings. The Morgan fingerprint density at radius 1 is 1.18 bits per heavy atom. The third-order valence-electron chi connectivity index (χ3n) is 5.26. The fraction of sp³-hybridized carbons (Fsp3) is 0.280. The van der Waals surface area contributed by atoms with Crippen molar-refractivity contribution in [1.29, 1.82) is 0 Å². The summed E-state index contributed by atoms with van der Waals surface area (Å²) in [5.41, 5.74) is 3.07.